The molecule has 2 aromatic rings. The number of carbonyl (C=O) groups is 2. The third kappa shape index (κ3) is 4.97. The fraction of sp³-hybridized carbons (Fsp3) is 0.440. The molecule has 6 nitrogen and oxygen atoms in total. The van der Waals surface area contributed by atoms with Crippen LogP contribution in [0, 0.1) is 0 Å². The Morgan fingerprint density at radius 3 is 2.32 bits per heavy atom. The number of carbonyl (C=O) groups excluding carboxylic acids is 1. The van der Waals surface area contributed by atoms with E-state index >= 15 is 0 Å². The van der Waals surface area contributed by atoms with Gasteiger partial charge >= 0.3 is 5.97 Å². The predicted molar refractivity (Wildman–Crippen MR) is 123 cm³/mol. The van der Waals surface area contributed by atoms with E-state index in [4.69, 9.17) is 21.1 Å². The number of carboxylic acid groups (broad SMARTS) is 1. The smallest absolute Gasteiger partial charge is 0.329 e. The minimum atomic E-state index is -2.74. The summed E-state index contributed by atoms with van der Waals surface area (Å²) in [5, 5.41) is 12.9. The fourth-order valence-corrected chi connectivity index (χ4v) is 4.80. The van der Waals surface area contributed by atoms with Crippen molar-refractivity contribution < 1.29 is 33.0 Å². The van der Waals surface area contributed by atoms with Gasteiger partial charge in [0.25, 0.3) is 11.8 Å². The molecule has 2 fully saturated rings. The van der Waals surface area contributed by atoms with Gasteiger partial charge in [-0.15, -0.1) is 0 Å². The van der Waals surface area contributed by atoms with Crippen LogP contribution in [0.4, 0.5) is 8.78 Å². The average molecular weight is 494 g/mol. The summed E-state index contributed by atoms with van der Waals surface area (Å²) in [5.41, 5.74) is 0.0259. The number of carboxylic acids is 1. The summed E-state index contributed by atoms with van der Waals surface area (Å²) in [5.74, 6) is -3.51. The van der Waals surface area contributed by atoms with E-state index in [1.807, 2.05) is 0 Å². The number of amides is 1. The summed E-state index contributed by atoms with van der Waals surface area (Å²) in [7, 11) is 1.49. The van der Waals surface area contributed by atoms with Crippen LogP contribution < -0.4 is 14.8 Å². The zero-order valence-electron chi connectivity index (χ0n) is 18.7. The second-order valence-electron chi connectivity index (χ2n) is 8.97. The van der Waals surface area contributed by atoms with Gasteiger partial charge in [-0.1, -0.05) is 36.9 Å². The third-order valence-corrected chi connectivity index (χ3v) is 6.82. The molecule has 2 aliphatic rings. The number of halogens is 3. The zero-order valence-corrected chi connectivity index (χ0v) is 19.5. The van der Waals surface area contributed by atoms with Crippen molar-refractivity contribution in [3.63, 3.8) is 0 Å². The van der Waals surface area contributed by atoms with Gasteiger partial charge in [-0.25, -0.2) is 13.6 Å². The highest BCUT2D eigenvalue weighted by molar-refractivity contribution is 6.32. The Labute approximate surface area is 201 Å². The second kappa shape index (κ2) is 9.41. The monoisotopic (exact) mass is 493 g/mol. The largest absolute Gasteiger partial charge is 0.495 e. The maximum Gasteiger partial charge on any atom is 0.329 e. The van der Waals surface area contributed by atoms with E-state index in [2.05, 4.69) is 5.32 Å². The summed E-state index contributed by atoms with van der Waals surface area (Å²) in [6, 6.07) is 9.65. The molecule has 0 unspecified atom stereocenters. The molecule has 0 atom stereocenters. The number of aliphatic carboxylic acids is 1. The first-order chi connectivity index (χ1) is 16.1. The van der Waals surface area contributed by atoms with Gasteiger partial charge in [0.1, 0.15) is 23.1 Å². The van der Waals surface area contributed by atoms with Gasteiger partial charge in [0, 0.05) is 24.0 Å². The molecule has 2 N–H and O–H groups in total. The van der Waals surface area contributed by atoms with E-state index in [1.54, 1.807) is 30.3 Å². The van der Waals surface area contributed by atoms with Crippen LogP contribution in [0.15, 0.2) is 36.4 Å². The predicted octanol–water partition coefficient (Wildman–Crippen LogP) is 5.71. The first kappa shape index (κ1) is 24.3. The Kier molecular flexibility index (Phi) is 6.71. The number of methoxy groups -OCH3 is 1. The number of ether oxygens (including phenoxy) is 2. The Balaban J connectivity index is 1.66. The maximum atomic E-state index is 13.3. The first-order valence-electron chi connectivity index (χ1n) is 11.2. The molecule has 1 amide bonds. The molecule has 2 aliphatic carbocycles. The first-order valence-corrected chi connectivity index (χ1v) is 11.6. The van der Waals surface area contributed by atoms with Crippen LogP contribution >= 0.6 is 11.6 Å². The molecule has 0 bridgehead atoms. The molecule has 0 aromatic heterocycles. The van der Waals surface area contributed by atoms with Crippen LogP contribution in [0.2, 0.25) is 5.02 Å². The molecule has 0 heterocycles. The number of nitrogens with one attached hydrogen (secondary N) is 1. The van der Waals surface area contributed by atoms with Crippen molar-refractivity contribution in [2.24, 2.45) is 0 Å². The van der Waals surface area contributed by atoms with Crippen molar-refractivity contribution in [3.05, 3.63) is 47.0 Å². The summed E-state index contributed by atoms with van der Waals surface area (Å²) < 4.78 is 37.7. The third-order valence-electron chi connectivity index (χ3n) is 6.52. The molecule has 0 radical (unpaired) electrons. The molecule has 2 aromatic carbocycles. The van der Waals surface area contributed by atoms with Gasteiger partial charge < -0.3 is 19.9 Å². The summed E-state index contributed by atoms with van der Waals surface area (Å²) >= 11 is 6.29. The van der Waals surface area contributed by atoms with Crippen molar-refractivity contribution in [1.82, 2.24) is 5.32 Å². The number of alkyl halides is 2. The van der Waals surface area contributed by atoms with Crippen LogP contribution in [-0.4, -0.2) is 41.7 Å². The molecule has 2 saturated carbocycles. The lowest BCUT2D eigenvalue weighted by Gasteiger charge is -2.35. The molecule has 9 heteroatoms. The number of hydrogen-bond acceptors (Lipinski definition) is 4. The lowest BCUT2D eigenvalue weighted by molar-refractivity contribution is -0.146. The van der Waals surface area contributed by atoms with E-state index in [-0.39, 0.29) is 18.4 Å². The zero-order chi connectivity index (χ0) is 24.5. The SMILES string of the molecule is COc1ccc(-c2cc(C(=O)NC3(C(=O)O)CCCCC3)ccc2OC2CC(F)(F)C2)cc1Cl. The molecule has 182 valence electrons. The van der Waals surface area contributed by atoms with Gasteiger partial charge in [-0.2, -0.15) is 0 Å². The molecule has 34 heavy (non-hydrogen) atoms. The van der Waals surface area contributed by atoms with Crippen LogP contribution in [-0.2, 0) is 4.79 Å². The highest BCUT2D eigenvalue weighted by atomic mass is 35.5. The van der Waals surface area contributed by atoms with E-state index in [1.165, 1.54) is 13.2 Å². The van der Waals surface area contributed by atoms with E-state index < -0.39 is 29.4 Å². The maximum absolute atomic E-state index is 13.3. The van der Waals surface area contributed by atoms with Gasteiger partial charge in [0.2, 0.25) is 0 Å². The highest BCUT2D eigenvalue weighted by Gasteiger charge is 2.47. The van der Waals surface area contributed by atoms with Crippen LogP contribution in [0.1, 0.15) is 55.3 Å². The Hall–Kier alpha value is -2.87. The van der Waals surface area contributed by atoms with Crippen molar-refractivity contribution in [3.8, 4) is 22.6 Å². The van der Waals surface area contributed by atoms with Crippen molar-refractivity contribution in [2.75, 3.05) is 7.11 Å². The second-order valence-corrected chi connectivity index (χ2v) is 9.37. The van der Waals surface area contributed by atoms with Crippen molar-refractivity contribution >= 4 is 23.5 Å². The van der Waals surface area contributed by atoms with Crippen LogP contribution in [0.25, 0.3) is 11.1 Å². The van der Waals surface area contributed by atoms with E-state index in [0.29, 0.717) is 40.5 Å². The number of benzene rings is 2. The van der Waals surface area contributed by atoms with Crippen LogP contribution in [0.5, 0.6) is 11.5 Å². The van der Waals surface area contributed by atoms with Gasteiger partial charge in [0.05, 0.1) is 12.1 Å². The standard InChI is InChI=1S/C25H26ClF2NO5/c1-33-21-8-5-15(12-19(21)26)18-11-16(6-7-20(18)34-17-13-25(27,28)14-17)22(30)29-24(23(31)32)9-3-2-4-10-24/h5-8,11-12,17H,2-4,9-10,13-14H2,1H3,(H,29,30)(H,31,32). The highest BCUT2D eigenvalue weighted by Crippen LogP contribution is 2.42. The molecule has 0 aliphatic heterocycles. The van der Waals surface area contributed by atoms with E-state index in [0.717, 1.165) is 19.3 Å². The van der Waals surface area contributed by atoms with Crippen molar-refractivity contribution in [1.29, 1.82) is 0 Å². The summed E-state index contributed by atoms with van der Waals surface area (Å²) in [6.07, 6.45) is 1.72. The van der Waals surface area contributed by atoms with Gasteiger partial charge in [-0.3, -0.25) is 4.79 Å². The Morgan fingerprint density at radius 2 is 1.74 bits per heavy atom. The van der Waals surface area contributed by atoms with Crippen LogP contribution in [0.3, 0.4) is 0 Å². The summed E-state index contributed by atoms with van der Waals surface area (Å²) in [6.45, 7) is 0. The topological polar surface area (TPSA) is 84.9 Å². The minimum Gasteiger partial charge on any atom is -0.495 e. The lowest BCUT2D eigenvalue weighted by Crippen LogP contribution is -2.55. The fourth-order valence-electron chi connectivity index (χ4n) is 4.54. The quantitative estimate of drug-likeness (QED) is 0.516. The molecular weight excluding hydrogens is 468 g/mol. The molecule has 0 spiro atoms. The number of rotatable bonds is 7. The molecule has 4 rings (SSSR count). The van der Waals surface area contributed by atoms with Gasteiger partial charge in [0.15, 0.2) is 0 Å². The molecule has 0 saturated heterocycles. The average Bonchev–Trinajstić information content (AvgIpc) is 2.78. The normalized spacial score (nSPS) is 19.1. The van der Waals surface area contributed by atoms with Crippen molar-refractivity contribution in [2.45, 2.75) is 62.5 Å². The lowest BCUT2D eigenvalue weighted by atomic mass is 9.81. The Bertz CT molecular complexity index is 1090. The number of hydrogen-bond donors (Lipinski definition) is 2. The summed E-state index contributed by atoms with van der Waals surface area (Å²) in [4.78, 5) is 25.1. The van der Waals surface area contributed by atoms with Gasteiger partial charge in [-0.05, 0) is 48.7 Å². The molecular formula is C25H26ClF2NO5. The van der Waals surface area contributed by atoms with E-state index in [9.17, 15) is 23.5 Å². The minimum absolute atomic E-state index is 0.236. The Morgan fingerprint density at radius 1 is 1.06 bits per heavy atom.